The number of hydrogen-bond donors (Lipinski definition) is 2. The Balaban J connectivity index is 2.06. The molecular formula is C17H17Cl2NO4S. The Morgan fingerprint density at radius 2 is 1.52 bits per heavy atom. The third-order valence-electron chi connectivity index (χ3n) is 3.39. The number of benzene rings is 2. The highest BCUT2D eigenvalue weighted by atomic mass is 35.5. The predicted molar refractivity (Wildman–Crippen MR) is 99.6 cm³/mol. The molecule has 8 heteroatoms. The first-order valence-electron chi connectivity index (χ1n) is 7.32. The van der Waals surface area contributed by atoms with E-state index in [4.69, 9.17) is 23.2 Å². The van der Waals surface area contributed by atoms with Gasteiger partial charge in [-0.3, -0.25) is 4.79 Å². The van der Waals surface area contributed by atoms with Crippen molar-refractivity contribution >= 4 is 44.6 Å². The second-order valence-corrected chi connectivity index (χ2v) is 8.83. The lowest BCUT2D eigenvalue weighted by molar-refractivity contribution is -0.130. The van der Waals surface area contributed by atoms with Gasteiger partial charge in [0.05, 0.1) is 11.5 Å². The van der Waals surface area contributed by atoms with E-state index in [0.717, 1.165) is 6.92 Å². The molecule has 0 heterocycles. The molecule has 0 aromatic heterocycles. The lowest BCUT2D eigenvalue weighted by Gasteiger charge is -2.22. The van der Waals surface area contributed by atoms with Crippen LogP contribution >= 0.6 is 23.2 Å². The number of anilines is 1. The molecular weight excluding hydrogens is 385 g/mol. The molecule has 2 aromatic rings. The van der Waals surface area contributed by atoms with Crippen LogP contribution in [0.15, 0.2) is 48.5 Å². The second-order valence-electron chi connectivity index (χ2n) is 5.89. The van der Waals surface area contributed by atoms with Crippen LogP contribution in [0.5, 0.6) is 0 Å². The summed E-state index contributed by atoms with van der Waals surface area (Å²) in [6.07, 6.45) is 0. The van der Waals surface area contributed by atoms with Crippen molar-refractivity contribution in [3.63, 3.8) is 0 Å². The summed E-state index contributed by atoms with van der Waals surface area (Å²) in [6.45, 7) is 1.16. The predicted octanol–water partition coefficient (Wildman–Crippen LogP) is 3.30. The number of halogens is 2. The maximum Gasteiger partial charge on any atom is 0.257 e. The molecule has 0 aliphatic carbocycles. The van der Waals surface area contributed by atoms with Crippen molar-refractivity contribution in [3.8, 4) is 0 Å². The molecule has 2 aromatic carbocycles. The van der Waals surface area contributed by atoms with Gasteiger partial charge in [0.25, 0.3) is 5.91 Å². The van der Waals surface area contributed by atoms with E-state index in [1.165, 1.54) is 0 Å². The summed E-state index contributed by atoms with van der Waals surface area (Å²) in [5.74, 6) is -1.81. The lowest BCUT2D eigenvalue weighted by atomic mass is 10.1. The highest BCUT2D eigenvalue weighted by Crippen LogP contribution is 2.19. The summed E-state index contributed by atoms with van der Waals surface area (Å²) < 4.78 is 24.6. The van der Waals surface area contributed by atoms with E-state index in [-0.39, 0.29) is 5.75 Å². The molecule has 0 aliphatic heterocycles. The number of hydrogen-bond acceptors (Lipinski definition) is 4. The SMILES string of the molecule is C[C@@](O)(CS(=O)(=O)Cc1ccc(Cl)cc1)C(=O)Nc1ccc(Cl)cc1. The van der Waals surface area contributed by atoms with Gasteiger partial charge in [0, 0.05) is 15.7 Å². The molecule has 0 saturated heterocycles. The van der Waals surface area contributed by atoms with Crippen LogP contribution in [0.2, 0.25) is 10.0 Å². The van der Waals surface area contributed by atoms with Gasteiger partial charge in [-0.1, -0.05) is 35.3 Å². The maximum atomic E-state index is 12.3. The molecule has 0 radical (unpaired) electrons. The van der Waals surface area contributed by atoms with Crippen LogP contribution in [0.3, 0.4) is 0 Å². The fraction of sp³-hybridized carbons (Fsp3) is 0.235. The average molecular weight is 402 g/mol. The van der Waals surface area contributed by atoms with Crippen LogP contribution in [0.4, 0.5) is 5.69 Å². The third kappa shape index (κ3) is 6.01. The largest absolute Gasteiger partial charge is 0.379 e. The minimum Gasteiger partial charge on any atom is -0.379 e. The van der Waals surface area contributed by atoms with Gasteiger partial charge >= 0.3 is 0 Å². The van der Waals surface area contributed by atoms with Crippen molar-refractivity contribution < 1.29 is 18.3 Å². The first-order chi connectivity index (χ1) is 11.6. The Morgan fingerprint density at radius 3 is 2.04 bits per heavy atom. The summed E-state index contributed by atoms with van der Waals surface area (Å²) in [5.41, 5.74) is -1.15. The standard InChI is InChI=1S/C17H17Cl2NO4S/c1-17(22,16(21)20-15-8-6-14(19)7-9-15)11-25(23,24)10-12-2-4-13(18)5-3-12/h2-9,22H,10-11H2,1H3,(H,20,21)/t17-/m1/s1. The summed E-state index contributed by atoms with van der Waals surface area (Å²) >= 11 is 11.5. The van der Waals surface area contributed by atoms with Crippen molar-refractivity contribution in [2.75, 3.05) is 11.1 Å². The smallest absolute Gasteiger partial charge is 0.257 e. The fourth-order valence-electron chi connectivity index (χ4n) is 2.18. The minimum absolute atomic E-state index is 0.297. The van der Waals surface area contributed by atoms with Gasteiger partial charge in [0.2, 0.25) is 0 Å². The maximum absolute atomic E-state index is 12.3. The molecule has 0 saturated carbocycles. The van der Waals surface area contributed by atoms with Crippen molar-refractivity contribution in [1.29, 1.82) is 0 Å². The zero-order chi connectivity index (χ0) is 18.7. The fourth-order valence-corrected chi connectivity index (χ4v) is 4.22. The Labute approximate surface area is 156 Å². The number of sulfone groups is 1. The first kappa shape index (κ1) is 19.7. The van der Waals surface area contributed by atoms with Gasteiger partial charge in [0.1, 0.15) is 0 Å². The number of nitrogens with one attached hydrogen (secondary N) is 1. The van der Waals surface area contributed by atoms with Crippen molar-refractivity contribution in [3.05, 3.63) is 64.1 Å². The molecule has 5 nitrogen and oxygen atoms in total. The van der Waals surface area contributed by atoms with Crippen LogP contribution in [-0.4, -0.2) is 30.8 Å². The van der Waals surface area contributed by atoms with Crippen LogP contribution in [0, 0.1) is 0 Å². The Bertz CT molecular complexity index is 847. The first-order valence-corrected chi connectivity index (χ1v) is 9.89. The number of carbonyl (C=O) groups excluding carboxylic acids is 1. The van der Waals surface area contributed by atoms with E-state index in [1.54, 1.807) is 48.5 Å². The van der Waals surface area contributed by atoms with Crippen LogP contribution in [-0.2, 0) is 20.4 Å². The lowest BCUT2D eigenvalue weighted by Crippen LogP contribution is -2.46. The number of amides is 1. The Morgan fingerprint density at radius 1 is 1.04 bits per heavy atom. The third-order valence-corrected chi connectivity index (χ3v) is 5.67. The van der Waals surface area contributed by atoms with E-state index in [0.29, 0.717) is 21.3 Å². The van der Waals surface area contributed by atoms with E-state index < -0.39 is 27.1 Å². The van der Waals surface area contributed by atoms with Gasteiger partial charge in [0.15, 0.2) is 15.4 Å². The molecule has 2 N–H and O–H groups in total. The van der Waals surface area contributed by atoms with Crippen LogP contribution in [0.1, 0.15) is 12.5 Å². The summed E-state index contributed by atoms with van der Waals surface area (Å²) in [6, 6.07) is 12.6. The molecule has 1 atom stereocenters. The topological polar surface area (TPSA) is 83.5 Å². The summed E-state index contributed by atoms with van der Waals surface area (Å²) in [7, 11) is -3.72. The number of aliphatic hydroxyl groups is 1. The second kappa shape index (κ2) is 7.74. The monoisotopic (exact) mass is 401 g/mol. The number of carbonyl (C=O) groups is 1. The van der Waals surface area contributed by atoms with Crippen molar-refractivity contribution in [1.82, 2.24) is 0 Å². The van der Waals surface area contributed by atoms with E-state index in [2.05, 4.69) is 5.32 Å². The Hall–Kier alpha value is -1.60. The van der Waals surface area contributed by atoms with Crippen LogP contribution < -0.4 is 5.32 Å². The minimum atomic E-state index is -3.72. The van der Waals surface area contributed by atoms with E-state index >= 15 is 0 Å². The van der Waals surface area contributed by atoms with Crippen molar-refractivity contribution in [2.24, 2.45) is 0 Å². The molecule has 0 fully saturated rings. The molecule has 25 heavy (non-hydrogen) atoms. The highest BCUT2D eigenvalue weighted by molar-refractivity contribution is 7.90. The molecule has 134 valence electrons. The molecule has 1 amide bonds. The number of rotatable bonds is 6. The molecule has 2 rings (SSSR count). The zero-order valence-corrected chi connectivity index (χ0v) is 15.7. The molecule has 0 aliphatic rings. The van der Waals surface area contributed by atoms with Gasteiger partial charge in [-0.2, -0.15) is 0 Å². The molecule has 0 unspecified atom stereocenters. The van der Waals surface area contributed by atoms with Gasteiger partial charge < -0.3 is 10.4 Å². The average Bonchev–Trinajstić information content (AvgIpc) is 2.50. The molecule has 0 bridgehead atoms. The van der Waals surface area contributed by atoms with Gasteiger partial charge in [-0.15, -0.1) is 0 Å². The van der Waals surface area contributed by atoms with Crippen molar-refractivity contribution in [2.45, 2.75) is 18.3 Å². The normalized spacial score (nSPS) is 13.9. The van der Waals surface area contributed by atoms with E-state index in [9.17, 15) is 18.3 Å². The summed E-state index contributed by atoms with van der Waals surface area (Å²) in [4.78, 5) is 12.2. The quantitative estimate of drug-likeness (QED) is 0.777. The van der Waals surface area contributed by atoms with Gasteiger partial charge in [-0.05, 0) is 48.9 Å². The summed E-state index contributed by atoms with van der Waals surface area (Å²) in [5, 5.41) is 13.8. The molecule has 0 spiro atoms. The van der Waals surface area contributed by atoms with Crippen LogP contribution in [0.25, 0.3) is 0 Å². The highest BCUT2D eigenvalue weighted by Gasteiger charge is 2.36. The van der Waals surface area contributed by atoms with Gasteiger partial charge in [-0.25, -0.2) is 8.42 Å². The zero-order valence-electron chi connectivity index (χ0n) is 13.4. The Kier molecular flexibility index (Phi) is 6.11. The van der Waals surface area contributed by atoms with E-state index in [1.807, 2.05) is 0 Å².